The second kappa shape index (κ2) is 8.35. The van der Waals surface area contributed by atoms with E-state index in [1.165, 1.54) is 37.7 Å². The van der Waals surface area contributed by atoms with Crippen molar-refractivity contribution in [2.24, 2.45) is 5.92 Å². The summed E-state index contributed by atoms with van der Waals surface area (Å²) in [6.07, 6.45) is 7.43. The second-order valence-electron chi connectivity index (χ2n) is 5.89. The van der Waals surface area contributed by atoms with Gasteiger partial charge in [0, 0.05) is 17.9 Å². The van der Waals surface area contributed by atoms with E-state index in [1.807, 2.05) is 6.07 Å². The van der Waals surface area contributed by atoms with E-state index in [0.29, 0.717) is 12.0 Å². The molecule has 0 unspecified atom stereocenters. The van der Waals surface area contributed by atoms with Crippen LogP contribution in [0.3, 0.4) is 0 Å². The van der Waals surface area contributed by atoms with E-state index in [1.54, 1.807) is 0 Å². The molecule has 0 heterocycles. The molecule has 0 aromatic heterocycles. The number of benzene rings is 1. The Morgan fingerprint density at radius 1 is 1.24 bits per heavy atom. The summed E-state index contributed by atoms with van der Waals surface area (Å²) in [4.78, 5) is 0. The lowest BCUT2D eigenvalue weighted by Gasteiger charge is -2.28. The molecule has 0 atom stereocenters. The van der Waals surface area contributed by atoms with Gasteiger partial charge in [-0.2, -0.15) is 0 Å². The summed E-state index contributed by atoms with van der Waals surface area (Å²) >= 11 is 5.64. The Hall–Kier alpha value is -1.13. The fraction of sp³-hybridized carbons (Fsp3) is 0.579. The summed E-state index contributed by atoms with van der Waals surface area (Å²) in [6.45, 7) is 4.38. The maximum absolute atomic E-state index is 6.14. The summed E-state index contributed by atoms with van der Waals surface area (Å²) in [6, 6.07) is 6.21. The Kier molecular flexibility index (Phi) is 6.46. The number of aryl methyl sites for hydroxylation is 1. The van der Waals surface area contributed by atoms with Crippen molar-refractivity contribution >= 4 is 11.6 Å². The summed E-state index contributed by atoms with van der Waals surface area (Å²) in [5.41, 5.74) is 2.25. The molecule has 0 spiro atoms. The minimum atomic E-state index is 0.389. The second-order valence-corrected chi connectivity index (χ2v) is 6.26. The van der Waals surface area contributed by atoms with Crippen LogP contribution >= 0.6 is 11.6 Å². The molecule has 1 aromatic carbocycles. The normalized spacial score (nSPS) is 21.5. The Bertz CT molecular complexity index is 504. The molecule has 0 aliphatic heterocycles. The molecule has 2 heteroatoms. The van der Waals surface area contributed by atoms with Crippen molar-refractivity contribution < 1.29 is 4.74 Å². The van der Waals surface area contributed by atoms with Crippen LogP contribution in [0.5, 0.6) is 5.75 Å². The third kappa shape index (κ3) is 4.97. The molecular weight excluding hydrogens is 280 g/mol. The fourth-order valence-electron chi connectivity index (χ4n) is 2.91. The third-order valence-electron chi connectivity index (χ3n) is 4.31. The number of rotatable bonds is 4. The van der Waals surface area contributed by atoms with Gasteiger partial charge in [-0.15, -0.1) is 11.6 Å². The van der Waals surface area contributed by atoms with E-state index < -0.39 is 0 Å². The van der Waals surface area contributed by atoms with Gasteiger partial charge in [-0.25, -0.2) is 0 Å². The Balaban J connectivity index is 1.93. The zero-order valence-electron chi connectivity index (χ0n) is 13.1. The highest BCUT2D eigenvalue weighted by Gasteiger charge is 2.21. The quantitative estimate of drug-likeness (QED) is 0.540. The Morgan fingerprint density at radius 3 is 2.62 bits per heavy atom. The first-order valence-corrected chi connectivity index (χ1v) is 8.58. The van der Waals surface area contributed by atoms with Crippen LogP contribution < -0.4 is 4.74 Å². The zero-order chi connectivity index (χ0) is 15.1. The van der Waals surface area contributed by atoms with Crippen LogP contribution in [0.2, 0.25) is 0 Å². The third-order valence-corrected chi connectivity index (χ3v) is 4.50. The average molecular weight is 305 g/mol. The van der Waals surface area contributed by atoms with E-state index in [9.17, 15) is 0 Å². The molecule has 1 aromatic rings. The SMILES string of the molecule is CCC1CCC(Oc2ccc(C#CCCCl)c(C)c2)CC1. The Morgan fingerprint density at radius 2 is 2.00 bits per heavy atom. The van der Waals surface area contributed by atoms with E-state index in [-0.39, 0.29) is 0 Å². The Labute approximate surface area is 134 Å². The fourth-order valence-corrected chi connectivity index (χ4v) is 3.00. The number of hydrogen-bond acceptors (Lipinski definition) is 1. The standard InChI is InChI=1S/C19H25ClO/c1-3-16-7-10-18(11-8-16)21-19-12-9-17(15(2)14-19)6-4-5-13-20/h9,12,14,16,18H,3,5,7-8,10-11,13H2,1-2H3. The minimum Gasteiger partial charge on any atom is -0.490 e. The van der Waals surface area contributed by atoms with Crippen molar-refractivity contribution in [1.29, 1.82) is 0 Å². The van der Waals surface area contributed by atoms with Crippen LogP contribution in [-0.4, -0.2) is 12.0 Å². The van der Waals surface area contributed by atoms with Crippen LogP contribution in [0.15, 0.2) is 18.2 Å². The van der Waals surface area contributed by atoms with Crippen molar-refractivity contribution in [2.45, 2.75) is 58.5 Å². The van der Waals surface area contributed by atoms with Gasteiger partial charge in [0.15, 0.2) is 0 Å². The molecule has 0 saturated heterocycles. The van der Waals surface area contributed by atoms with Gasteiger partial charge in [0.25, 0.3) is 0 Å². The molecule has 2 rings (SSSR count). The molecule has 0 bridgehead atoms. The van der Waals surface area contributed by atoms with Crippen LogP contribution in [0.4, 0.5) is 0 Å². The van der Waals surface area contributed by atoms with E-state index >= 15 is 0 Å². The lowest BCUT2D eigenvalue weighted by Crippen LogP contribution is -2.23. The summed E-state index contributed by atoms with van der Waals surface area (Å²) in [5, 5.41) is 0. The largest absolute Gasteiger partial charge is 0.490 e. The molecule has 114 valence electrons. The van der Waals surface area contributed by atoms with Gasteiger partial charge in [0.1, 0.15) is 5.75 Å². The molecule has 1 fully saturated rings. The maximum Gasteiger partial charge on any atom is 0.120 e. The molecular formula is C19H25ClO. The average Bonchev–Trinajstić information content (AvgIpc) is 2.50. The van der Waals surface area contributed by atoms with Gasteiger partial charge in [-0.05, 0) is 62.3 Å². The smallest absolute Gasteiger partial charge is 0.120 e. The molecule has 0 amide bonds. The van der Waals surface area contributed by atoms with Gasteiger partial charge in [-0.1, -0.05) is 25.2 Å². The van der Waals surface area contributed by atoms with Crippen molar-refractivity contribution in [2.75, 3.05) is 5.88 Å². The highest BCUT2D eigenvalue weighted by Crippen LogP contribution is 2.29. The van der Waals surface area contributed by atoms with Crippen LogP contribution in [0.25, 0.3) is 0 Å². The van der Waals surface area contributed by atoms with E-state index in [2.05, 4.69) is 37.8 Å². The van der Waals surface area contributed by atoms with Gasteiger partial charge in [0.2, 0.25) is 0 Å². The monoisotopic (exact) mass is 304 g/mol. The first-order chi connectivity index (χ1) is 10.2. The van der Waals surface area contributed by atoms with Crippen molar-refractivity contribution in [3.63, 3.8) is 0 Å². The van der Waals surface area contributed by atoms with Crippen molar-refractivity contribution in [3.8, 4) is 17.6 Å². The summed E-state index contributed by atoms with van der Waals surface area (Å²) < 4.78 is 6.14. The molecule has 21 heavy (non-hydrogen) atoms. The summed E-state index contributed by atoms with van der Waals surface area (Å²) in [5.74, 6) is 8.73. The number of alkyl halides is 1. The van der Waals surface area contributed by atoms with Crippen LogP contribution in [0.1, 0.15) is 56.6 Å². The highest BCUT2D eigenvalue weighted by molar-refractivity contribution is 6.18. The lowest BCUT2D eigenvalue weighted by molar-refractivity contribution is 0.130. The highest BCUT2D eigenvalue weighted by atomic mass is 35.5. The first kappa shape index (κ1) is 16.2. The topological polar surface area (TPSA) is 9.23 Å². The van der Waals surface area contributed by atoms with Crippen molar-refractivity contribution in [3.05, 3.63) is 29.3 Å². The lowest BCUT2D eigenvalue weighted by atomic mass is 9.86. The molecule has 0 radical (unpaired) electrons. The van der Waals surface area contributed by atoms with Gasteiger partial charge in [0.05, 0.1) is 6.10 Å². The van der Waals surface area contributed by atoms with E-state index in [0.717, 1.165) is 23.7 Å². The number of halogens is 1. The number of ether oxygens (including phenoxy) is 1. The predicted octanol–water partition coefficient (Wildman–Crippen LogP) is 5.32. The maximum atomic E-state index is 6.14. The van der Waals surface area contributed by atoms with Crippen LogP contribution in [-0.2, 0) is 0 Å². The van der Waals surface area contributed by atoms with Gasteiger partial charge in [-0.3, -0.25) is 0 Å². The molecule has 1 saturated carbocycles. The first-order valence-electron chi connectivity index (χ1n) is 8.05. The molecule has 1 aliphatic carbocycles. The molecule has 0 N–H and O–H groups in total. The molecule has 1 aliphatic rings. The zero-order valence-corrected chi connectivity index (χ0v) is 13.9. The summed E-state index contributed by atoms with van der Waals surface area (Å²) in [7, 11) is 0. The number of hydrogen-bond donors (Lipinski definition) is 0. The van der Waals surface area contributed by atoms with Crippen LogP contribution in [0, 0.1) is 24.7 Å². The van der Waals surface area contributed by atoms with Gasteiger partial charge < -0.3 is 4.74 Å². The van der Waals surface area contributed by atoms with Gasteiger partial charge >= 0.3 is 0 Å². The van der Waals surface area contributed by atoms with E-state index in [4.69, 9.17) is 16.3 Å². The molecule has 1 nitrogen and oxygen atoms in total. The predicted molar refractivity (Wildman–Crippen MR) is 90.1 cm³/mol. The minimum absolute atomic E-state index is 0.389. The van der Waals surface area contributed by atoms with Crippen molar-refractivity contribution in [1.82, 2.24) is 0 Å².